The molecule has 0 N–H and O–H groups in total. The average Bonchev–Trinajstić information content (AvgIpc) is 2.85. The maximum atomic E-state index is 2.60. The number of hydrogen-bond acceptors (Lipinski definition) is 3. The second kappa shape index (κ2) is 14.4. The minimum Gasteiger partial charge on any atom is -0.293 e. The lowest BCUT2D eigenvalue weighted by Gasteiger charge is -2.12. The number of hydrogen-bond donors (Lipinski definition) is 0. The van der Waals surface area contributed by atoms with E-state index in [2.05, 4.69) is 35.3 Å². The summed E-state index contributed by atoms with van der Waals surface area (Å²) < 4.78 is 0. The van der Waals surface area contributed by atoms with Crippen molar-refractivity contribution < 1.29 is 0 Å². The summed E-state index contributed by atoms with van der Waals surface area (Å²) in [5, 5.41) is 0. The summed E-state index contributed by atoms with van der Waals surface area (Å²) in [7, 11) is 0. The lowest BCUT2D eigenvalue weighted by Crippen LogP contribution is -2.20. The molecular formula is C14H30ClNS2. The summed E-state index contributed by atoms with van der Waals surface area (Å²) in [6.45, 7) is 4.95. The molecule has 0 radical (unpaired) electrons. The SMILES string of the molecule is CCCCCCCSCCCCN1CCSC1.Cl. The fourth-order valence-electron chi connectivity index (χ4n) is 2.08. The molecule has 1 nitrogen and oxygen atoms in total. The van der Waals surface area contributed by atoms with E-state index in [-0.39, 0.29) is 12.4 Å². The summed E-state index contributed by atoms with van der Waals surface area (Å²) in [5.74, 6) is 5.41. The largest absolute Gasteiger partial charge is 0.293 e. The molecule has 0 spiro atoms. The maximum Gasteiger partial charge on any atom is 0.0445 e. The molecule has 1 aliphatic rings. The number of unbranched alkanes of at least 4 members (excludes halogenated alkanes) is 5. The maximum absolute atomic E-state index is 2.60. The fourth-order valence-corrected chi connectivity index (χ4v) is 4.13. The van der Waals surface area contributed by atoms with E-state index in [9.17, 15) is 0 Å². The smallest absolute Gasteiger partial charge is 0.0445 e. The molecule has 0 bridgehead atoms. The average molecular weight is 312 g/mol. The van der Waals surface area contributed by atoms with E-state index in [1.807, 2.05) is 0 Å². The lowest BCUT2D eigenvalue weighted by molar-refractivity contribution is 0.349. The van der Waals surface area contributed by atoms with Crippen LogP contribution >= 0.6 is 35.9 Å². The van der Waals surface area contributed by atoms with Crippen LogP contribution in [0.15, 0.2) is 0 Å². The standard InChI is InChI=1S/C14H29NS2.ClH/c1-2-3-4-5-7-11-16-12-8-6-9-15-10-13-17-14-15;/h2-14H2,1H3;1H. The van der Waals surface area contributed by atoms with Gasteiger partial charge in [-0.1, -0.05) is 32.6 Å². The van der Waals surface area contributed by atoms with Crippen molar-refractivity contribution in [3.05, 3.63) is 0 Å². The Labute approximate surface area is 129 Å². The molecule has 110 valence electrons. The van der Waals surface area contributed by atoms with E-state index in [4.69, 9.17) is 0 Å². The van der Waals surface area contributed by atoms with Gasteiger partial charge in [0.05, 0.1) is 0 Å². The zero-order valence-electron chi connectivity index (χ0n) is 11.9. The number of halogens is 1. The van der Waals surface area contributed by atoms with E-state index in [1.54, 1.807) is 0 Å². The van der Waals surface area contributed by atoms with Gasteiger partial charge in [0, 0.05) is 18.2 Å². The Morgan fingerprint density at radius 3 is 2.39 bits per heavy atom. The van der Waals surface area contributed by atoms with Crippen molar-refractivity contribution in [2.75, 3.05) is 36.2 Å². The molecule has 1 saturated heterocycles. The molecule has 1 heterocycles. The van der Waals surface area contributed by atoms with Crippen LogP contribution in [0.4, 0.5) is 0 Å². The second-order valence-electron chi connectivity index (χ2n) is 4.89. The van der Waals surface area contributed by atoms with Crippen molar-refractivity contribution in [3.8, 4) is 0 Å². The van der Waals surface area contributed by atoms with Crippen molar-refractivity contribution >= 4 is 35.9 Å². The number of thioether (sulfide) groups is 2. The summed E-state index contributed by atoms with van der Waals surface area (Å²) in [4.78, 5) is 2.60. The fraction of sp³-hybridized carbons (Fsp3) is 1.00. The Morgan fingerprint density at radius 1 is 1.00 bits per heavy atom. The Hall–Kier alpha value is 0.950. The summed E-state index contributed by atoms with van der Waals surface area (Å²) in [6.07, 6.45) is 9.95. The molecule has 0 aromatic heterocycles. The molecule has 18 heavy (non-hydrogen) atoms. The van der Waals surface area contributed by atoms with Gasteiger partial charge in [0.15, 0.2) is 0 Å². The van der Waals surface area contributed by atoms with Crippen molar-refractivity contribution in [1.29, 1.82) is 0 Å². The van der Waals surface area contributed by atoms with Crippen LogP contribution in [0.1, 0.15) is 51.9 Å². The highest BCUT2D eigenvalue weighted by molar-refractivity contribution is 7.99. The highest BCUT2D eigenvalue weighted by Gasteiger charge is 2.10. The van der Waals surface area contributed by atoms with E-state index in [0.29, 0.717) is 0 Å². The molecule has 0 atom stereocenters. The summed E-state index contributed by atoms with van der Waals surface area (Å²) in [6, 6.07) is 0. The van der Waals surface area contributed by atoms with Gasteiger partial charge in [0.2, 0.25) is 0 Å². The van der Waals surface area contributed by atoms with Crippen LogP contribution < -0.4 is 0 Å². The first-order valence-electron chi connectivity index (χ1n) is 7.31. The quantitative estimate of drug-likeness (QED) is 0.500. The third-order valence-corrected chi connectivity index (χ3v) is 5.40. The van der Waals surface area contributed by atoms with E-state index >= 15 is 0 Å². The molecule has 0 aromatic rings. The van der Waals surface area contributed by atoms with Gasteiger partial charge in [0.1, 0.15) is 0 Å². The zero-order valence-corrected chi connectivity index (χ0v) is 14.3. The van der Waals surface area contributed by atoms with Gasteiger partial charge in [-0.15, -0.1) is 24.2 Å². The monoisotopic (exact) mass is 311 g/mol. The minimum absolute atomic E-state index is 0. The van der Waals surface area contributed by atoms with Gasteiger partial charge in [-0.25, -0.2) is 0 Å². The van der Waals surface area contributed by atoms with Crippen molar-refractivity contribution in [3.63, 3.8) is 0 Å². The molecule has 1 rings (SSSR count). The highest BCUT2D eigenvalue weighted by atomic mass is 35.5. The summed E-state index contributed by atoms with van der Waals surface area (Å²) in [5.41, 5.74) is 0. The second-order valence-corrected chi connectivity index (χ2v) is 7.19. The molecule has 0 saturated carbocycles. The van der Waals surface area contributed by atoms with Crippen LogP contribution in [0.25, 0.3) is 0 Å². The van der Waals surface area contributed by atoms with Gasteiger partial charge >= 0.3 is 0 Å². The first kappa shape index (κ1) is 18.9. The Kier molecular flexibility index (Phi) is 15.1. The van der Waals surface area contributed by atoms with Crippen LogP contribution in [0.5, 0.6) is 0 Å². The number of nitrogens with zero attached hydrogens (tertiary/aromatic N) is 1. The summed E-state index contributed by atoms with van der Waals surface area (Å²) >= 11 is 4.25. The lowest BCUT2D eigenvalue weighted by atomic mass is 10.2. The highest BCUT2D eigenvalue weighted by Crippen LogP contribution is 2.15. The van der Waals surface area contributed by atoms with Crippen LogP contribution in [-0.4, -0.2) is 41.1 Å². The van der Waals surface area contributed by atoms with Gasteiger partial charge < -0.3 is 0 Å². The van der Waals surface area contributed by atoms with Crippen LogP contribution in [0.3, 0.4) is 0 Å². The first-order valence-corrected chi connectivity index (χ1v) is 9.62. The topological polar surface area (TPSA) is 3.24 Å². The molecule has 0 aromatic carbocycles. The third kappa shape index (κ3) is 10.8. The van der Waals surface area contributed by atoms with E-state index in [0.717, 1.165) is 0 Å². The van der Waals surface area contributed by atoms with Crippen LogP contribution in [0.2, 0.25) is 0 Å². The molecule has 4 heteroatoms. The Bertz CT molecular complexity index is 164. The van der Waals surface area contributed by atoms with Gasteiger partial charge in [-0.2, -0.15) is 11.8 Å². The van der Waals surface area contributed by atoms with Gasteiger partial charge in [0.25, 0.3) is 0 Å². The van der Waals surface area contributed by atoms with Crippen molar-refractivity contribution in [2.45, 2.75) is 51.9 Å². The van der Waals surface area contributed by atoms with Crippen molar-refractivity contribution in [1.82, 2.24) is 4.90 Å². The van der Waals surface area contributed by atoms with Crippen LogP contribution in [-0.2, 0) is 0 Å². The van der Waals surface area contributed by atoms with Gasteiger partial charge in [-0.3, -0.25) is 4.90 Å². The molecule has 0 unspecified atom stereocenters. The predicted octanol–water partition coefficient (Wildman–Crippen LogP) is 4.90. The van der Waals surface area contributed by atoms with Crippen molar-refractivity contribution in [2.24, 2.45) is 0 Å². The van der Waals surface area contributed by atoms with E-state index < -0.39 is 0 Å². The minimum atomic E-state index is 0. The molecule has 0 amide bonds. The molecular weight excluding hydrogens is 282 g/mol. The Balaban J connectivity index is 0.00000289. The van der Waals surface area contributed by atoms with Crippen LogP contribution in [0, 0.1) is 0 Å². The predicted molar refractivity (Wildman–Crippen MR) is 91.5 cm³/mol. The van der Waals surface area contributed by atoms with Gasteiger partial charge in [-0.05, 0) is 37.3 Å². The molecule has 0 aliphatic carbocycles. The normalized spacial score (nSPS) is 15.8. The molecule has 1 aliphatic heterocycles. The Morgan fingerprint density at radius 2 is 1.72 bits per heavy atom. The number of rotatable bonds is 11. The first-order chi connectivity index (χ1) is 8.43. The van der Waals surface area contributed by atoms with E-state index in [1.165, 1.54) is 81.2 Å². The third-order valence-electron chi connectivity index (χ3n) is 3.23. The zero-order chi connectivity index (χ0) is 12.2. The molecule has 1 fully saturated rings.